The highest BCUT2D eigenvalue weighted by Crippen LogP contribution is 2.30. The molecule has 0 aliphatic carbocycles. The van der Waals surface area contributed by atoms with Gasteiger partial charge in [-0.2, -0.15) is 0 Å². The molecule has 0 radical (unpaired) electrons. The summed E-state index contributed by atoms with van der Waals surface area (Å²) in [4.78, 5) is 20.3. The molecule has 0 fully saturated rings. The van der Waals surface area contributed by atoms with Crippen LogP contribution >= 0.6 is 11.8 Å². The maximum absolute atomic E-state index is 11.2. The van der Waals surface area contributed by atoms with Crippen molar-refractivity contribution >= 4 is 17.7 Å². The molecule has 19 heavy (non-hydrogen) atoms. The highest BCUT2D eigenvalue weighted by molar-refractivity contribution is 7.99. The number of pyridine rings is 2. The van der Waals surface area contributed by atoms with Crippen LogP contribution < -0.4 is 0 Å². The van der Waals surface area contributed by atoms with Gasteiger partial charge in [0.25, 0.3) is 0 Å². The molecule has 0 unspecified atom stereocenters. The number of hydrogen-bond donors (Lipinski definition) is 1. The first kappa shape index (κ1) is 13.5. The van der Waals surface area contributed by atoms with E-state index in [9.17, 15) is 4.79 Å². The average molecular weight is 274 g/mol. The van der Waals surface area contributed by atoms with E-state index in [-0.39, 0.29) is 5.56 Å². The van der Waals surface area contributed by atoms with E-state index in [4.69, 9.17) is 5.11 Å². The van der Waals surface area contributed by atoms with Gasteiger partial charge in [0, 0.05) is 22.5 Å². The zero-order chi connectivity index (χ0) is 14.0. The third-order valence-corrected chi connectivity index (χ3v) is 3.50. The molecule has 0 atom stereocenters. The summed E-state index contributed by atoms with van der Waals surface area (Å²) < 4.78 is 0. The number of carbonyl (C=O) groups is 1. The number of aryl methyl sites for hydroxylation is 3. The Hall–Kier alpha value is -1.88. The van der Waals surface area contributed by atoms with E-state index >= 15 is 0 Å². The van der Waals surface area contributed by atoms with Crippen molar-refractivity contribution in [3.63, 3.8) is 0 Å². The quantitative estimate of drug-likeness (QED) is 0.930. The van der Waals surface area contributed by atoms with Crippen molar-refractivity contribution in [1.29, 1.82) is 0 Å². The van der Waals surface area contributed by atoms with Gasteiger partial charge < -0.3 is 5.11 Å². The lowest BCUT2D eigenvalue weighted by Crippen LogP contribution is -2.01. The molecule has 0 aromatic carbocycles. The van der Waals surface area contributed by atoms with E-state index in [0.717, 1.165) is 22.0 Å². The summed E-state index contributed by atoms with van der Waals surface area (Å²) in [7, 11) is 0. The summed E-state index contributed by atoms with van der Waals surface area (Å²) in [6, 6.07) is 5.70. The first-order valence-electron chi connectivity index (χ1n) is 5.79. The average Bonchev–Trinajstić information content (AvgIpc) is 2.26. The SMILES string of the molecule is Cc1cc(C)nc(Sc2cc(C)ncc2C(=O)O)c1. The predicted molar refractivity (Wildman–Crippen MR) is 73.8 cm³/mol. The molecule has 2 aromatic heterocycles. The molecule has 0 aliphatic heterocycles. The molecular formula is C14H14N2O2S. The van der Waals surface area contributed by atoms with Crippen LogP contribution in [0.4, 0.5) is 0 Å². The topological polar surface area (TPSA) is 63.1 Å². The molecule has 2 aromatic rings. The smallest absolute Gasteiger partial charge is 0.338 e. The van der Waals surface area contributed by atoms with Crippen LogP contribution in [0.5, 0.6) is 0 Å². The van der Waals surface area contributed by atoms with Crippen LogP contribution in [-0.4, -0.2) is 21.0 Å². The van der Waals surface area contributed by atoms with E-state index in [1.165, 1.54) is 18.0 Å². The molecule has 0 amide bonds. The van der Waals surface area contributed by atoms with Gasteiger partial charge in [0.1, 0.15) is 5.03 Å². The number of hydrogen-bond acceptors (Lipinski definition) is 4. The second-order valence-electron chi connectivity index (χ2n) is 4.35. The third kappa shape index (κ3) is 3.32. The lowest BCUT2D eigenvalue weighted by atomic mass is 10.2. The second-order valence-corrected chi connectivity index (χ2v) is 5.42. The fourth-order valence-electron chi connectivity index (χ4n) is 1.75. The summed E-state index contributed by atoms with van der Waals surface area (Å²) in [5, 5.41) is 9.97. The van der Waals surface area contributed by atoms with Gasteiger partial charge in [0.15, 0.2) is 0 Å². The summed E-state index contributed by atoms with van der Waals surface area (Å²) in [6.07, 6.45) is 1.39. The van der Waals surface area contributed by atoms with Crippen molar-refractivity contribution in [3.8, 4) is 0 Å². The highest BCUT2D eigenvalue weighted by atomic mass is 32.2. The van der Waals surface area contributed by atoms with Crippen LogP contribution in [0.15, 0.2) is 34.3 Å². The Balaban J connectivity index is 2.42. The molecule has 2 heterocycles. The molecule has 0 aliphatic rings. The summed E-state index contributed by atoms with van der Waals surface area (Å²) in [5.74, 6) is -0.973. The van der Waals surface area contributed by atoms with E-state index in [2.05, 4.69) is 9.97 Å². The lowest BCUT2D eigenvalue weighted by Gasteiger charge is -2.07. The van der Waals surface area contributed by atoms with Gasteiger partial charge in [0.05, 0.1) is 5.56 Å². The first-order valence-corrected chi connectivity index (χ1v) is 6.60. The van der Waals surface area contributed by atoms with E-state index < -0.39 is 5.97 Å². The molecule has 0 spiro atoms. The zero-order valence-corrected chi connectivity index (χ0v) is 11.8. The van der Waals surface area contributed by atoms with Crippen molar-refractivity contribution in [1.82, 2.24) is 9.97 Å². The Bertz CT molecular complexity index is 621. The van der Waals surface area contributed by atoms with Gasteiger partial charge in [-0.3, -0.25) is 4.98 Å². The maximum atomic E-state index is 11.2. The Morgan fingerprint density at radius 2 is 1.89 bits per heavy atom. The Labute approximate surface area is 115 Å². The van der Waals surface area contributed by atoms with Crippen LogP contribution in [0.1, 0.15) is 27.3 Å². The van der Waals surface area contributed by atoms with E-state index in [1.807, 2.05) is 32.9 Å². The summed E-state index contributed by atoms with van der Waals surface area (Å²) in [6.45, 7) is 5.76. The molecule has 1 N–H and O–H groups in total. The number of aromatic carboxylic acids is 1. The van der Waals surface area contributed by atoms with Gasteiger partial charge in [-0.1, -0.05) is 11.8 Å². The van der Waals surface area contributed by atoms with Crippen molar-refractivity contribution < 1.29 is 9.90 Å². The molecular weight excluding hydrogens is 260 g/mol. The minimum atomic E-state index is -0.973. The van der Waals surface area contributed by atoms with Gasteiger partial charge in [-0.25, -0.2) is 9.78 Å². The minimum Gasteiger partial charge on any atom is -0.478 e. The number of aromatic nitrogens is 2. The molecule has 98 valence electrons. The zero-order valence-electron chi connectivity index (χ0n) is 11.0. The van der Waals surface area contributed by atoms with Crippen LogP contribution in [0.3, 0.4) is 0 Å². The molecule has 0 bridgehead atoms. The van der Waals surface area contributed by atoms with Crippen molar-refractivity contribution in [2.24, 2.45) is 0 Å². The van der Waals surface area contributed by atoms with Crippen molar-refractivity contribution in [2.75, 3.05) is 0 Å². The maximum Gasteiger partial charge on any atom is 0.338 e. The van der Waals surface area contributed by atoms with Crippen LogP contribution in [0, 0.1) is 20.8 Å². The summed E-state index contributed by atoms with van der Waals surface area (Å²) >= 11 is 1.35. The molecule has 2 rings (SSSR count). The highest BCUT2D eigenvalue weighted by Gasteiger charge is 2.13. The van der Waals surface area contributed by atoms with Gasteiger partial charge in [0.2, 0.25) is 0 Å². The van der Waals surface area contributed by atoms with Gasteiger partial charge in [-0.05, 0) is 44.5 Å². The summed E-state index contributed by atoms with van der Waals surface area (Å²) in [5.41, 5.74) is 3.02. The number of nitrogens with zero attached hydrogens (tertiary/aromatic N) is 2. The second kappa shape index (κ2) is 5.40. The largest absolute Gasteiger partial charge is 0.478 e. The monoisotopic (exact) mass is 274 g/mol. The molecule has 0 saturated carbocycles. The molecule has 4 nitrogen and oxygen atoms in total. The van der Waals surface area contributed by atoms with Crippen LogP contribution in [0.2, 0.25) is 0 Å². The fraction of sp³-hybridized carbons (Fsp3) is 0.214. The third-order valence-electron chi connectivity index (χ3n) is 2.52. The van der Waals surface area contributed by atoms with Crippen LogP contribution in [-0.2, 0) is 0 Å². The predicted octanol–water partition coefficient (Wildman–Crippen LogP) is 3.25. The van der Waals surface area contributed by atoms with Crippen LogP contribution in [0.25, 0.3) is 0 Å². The Morgan fingerprint density at radius 1 is 1.16 bits per heavy atom. The van der Waals surface area contributed by atoms with Crippen molar-refractivity contribution in [2.45, 2.75) is 30.7 Å². The molecule has 5 heteroatoms. The number of carboxylic acids is 1. The first-order chi connectivity index (χ1) is 8.95. The van der Waals surface area contributed by atoms with Gasteiger partial charge >= 0.3 is 5.97 Å². The standard InChI is InChI=1S/C14H14N2O2S/c1-8-4-10(3)16-13(5-8)19-12-6-9(2)15-7-11(12)14(17)18/h4-7H,1-3H3,(H,17,18). The van der Waals surface area contributed by atoms with E-state index in [1.54, 1.807) is 6.07 Å². The normalized spacial score (nSPS) is 10.5. The fourth-order valence-corrected chi connectivity index (χ4v) is 2.89. The molecule has 0 saturated heterocycles. The Morgan fingerprint density at radius 3 is 2.53 bits per heavy atom. The van der Waals surface area contributed by atoms with Gasteiger partial charge in [-0.15, -0.1) is 0 Å². The van der Waals surface area contributed by atoms with Crippen molar-refractivity contribution in [3.05, 3.63) is 46.9 Å². The minimum absolute atomic E-state index is 0.205. The van der Waals surface area contributed by atoms with E-state index in [0.29, 0.717) is 4.90 Å². The number of rotatable bonds is 3. The number of carboxylic acid groups (broad SMARTS) is 1. The lowest BCUT2D eigenvalue weighted by molar-refractivity contribution is 0.0692. The Kier molecular flexibility index (Phi) is 3.85.